The monoisotopic (exact) mass is 246 g/mol. The first-order chi connectivity index (χ1) is 8.88. The van der Waals surface area contributed by atoms with Crippen LogP contribution in [0, 0.1) is 0 Å². The highest BCUT2D eigenvalue weighted by molar-refractivity contribution is 5.26. The topological polar surface area (TPSA) is 52.0 Å². The van der Waals surface area contributed by atoms with E-state index < -0.39 is 0 Å². The summed E-state index contributed by atoms with van der Waals surface area (Å²) in [6, 6.07) is 8.10. The molecule has 0 radical (unpaired) electrons. The highest BCUT2D eigenvalue weighted by atomic mass is 16.5. The number of ether oxygens (including phenoxy) is 1. The van der Waals surface area contributed by atoms with Crippen LogP contribution in [0.5, 0.6) is 5.75 Å². The van der Waals surface area contributed by atoms with Gasteiger partial charge in [-0.15, -0.1) is 5.10 Å². The van der Waals surface area contributed by atoms with Crippen molar-refractivity contribution in [2.45, 2.75) is 19.5 Å². The summed E-state index contributed by atoms with van der Waals surface area (Å²) in [5.41, 5.74) is 1.26. The van der Waals surface area contributed by atoms with Gasteiger partial charge in [-0.1, -0.05) is 17.3 Å². The highest BCUT2D eigenvalue weighted by Gasteiger charge is 1.95. The van der Waals surface area contributed by atoms with Gasteiger partial charge < -0.3 is 10.1 Å². The summed E-state index contributed by atoms with van der Waals surface area (Å²) in [6.45, 7) is 2.74. The van der Waals surface area contributed by atoms with Crippen molar-refractivity contribution in [3.8, 4) is 5.75 Å². The van der Waals surface area contributed by atoms with Crippen molar-refractivity contribution in [1.29, 1.82) is 0 Å². The van der Waals surface area contributed by atoms with E-state index in [9.17, 15) is 0 Å². The van der Waals surface area contributed by atoms with E-state index in [1.54, 1.807) is 13.3 Å². The molecule has 2 rings (SSSR count). The molecule has 0 aliphatic carbocycles. The molecule has 0 fully saturated rings. The van der Waals surface area contributed by atoms with E-state index in [0.717, 1.165) is 31.8 Å². The average Bonchev–Trinajstić information content (AvgIpc) is 2.92. The molecule has 1 aromatic heterocycles. The van der Waals surface area contributed by atoms with Crippen LogP contribution < -0.4 is 10.1 Å². The molecular formula is C13H18N4O. The fourth-order valence-electron chi connectivity index (χ4n) is 1.69. The molecule has 5 nitrogen and oxygen atoms in total. The van der Waals surface area contributed by atoms with Crippen LogP contribution in [0.4, 0.5) is 0 Å². The molecule has 0 aliphatic rings. The fraction of sp³-hybridized carbons (Fsp3) is 0.385. The first-order valence-corrected chi connectivity index (χ1v) is 6.06. The summed E-state index contributed by atoms with van der Waals surface area (Å²) >= 11 is 0. The summed E-state index contributed by atoms with van der Waals surface area (Å²) in [7, 11) is 1.68. The van der Waals surface area contributed by atoms with Crippen molar-refractivity contribution in [3.63, 3.8) is 0 Å². The molecule has 0 saturated carbocycles. The third-order valence-corrected chi connectivity index (χ3v) is 2.70. The molecule has 2 aromatic rings. The summed E-state index contributed by atoms with van der Waals surface area (Å²) in [4.78, 5) is 0. The Morgan fingerprint density at radius 2 is 2.11 bits per heavy atom. The number of hydrogen-bond donors (Lipinski definition) is 1. The molecule has 0 unspecified atom stereocenters. The third-order valence-electron chi connectivity index (χ3n) is 2.70. The van der Waals surface area contributed by atoms with E-state index in [2.05, 4.69) is 27.8 Å². The van der Waals surface area contributed by atoms with E-state index in [-0.39, 0.29) is 0 Å². The molecule has 0 saturated heterocycles. The summed E-state index contributed by atoms with van der Waals surface area (Å²) in [5.74, 6) is 0.893. The van der Waals surface area contributed by atoms with Crippen LogP contribution >= 0.6 is 0 Å². The van der Waals surface area contributed by atoms with Crippen molar-refractivity contribution in [3.05, 3.63) is 42.2 Å². The highest BCUT2D eigenvalue weighted by Crippen LogP contribution is 2.10. The van der Waals surface area contributed by atoms with E-state index in [1.807, 2.05) is 23.0 Å². The van der Waals surface area contributed by atoms with Gasteiger partial charge in [-0.3, -0.25) is 4.68 Å². The smallest absolute Gasteiger partial charge is 0.118 e. The molecule has 0 bridgehead atoms. The number of hydrogen-bond acceptors (Lipinski definition) is 4. The minimum Gasteiger partial charge on any atom is -0.497 e. The van der Waals surface area contributed by atoms with Crippen molar-refractivity contribution in [2.75, 3.05) is 13.7 Å². The number of methoxy groups -OCH3 is 1. The predicted octanol–water partition coefficient (Wildman–Crippen LogP) is 1.47. The minimum absolute atomic E-state index is 0.876. The van der Waals surface area contributed by atoms with Gasteiger partial charge in [0.25, 0.3) is 0 Å². The van der Waals surface area contributed by atoms with Crippen molar-refractivity contribution in [1.82, 2.24) is 20.3 Å². The van der Waals surface area contributed by atoms with Gasteiger partial charge in [-0.05, 0) is 30.7 Å². The van der Waals surface area contributed by atoms with E-state index in [4.69, 9.17) is 4.74 Å². The number of rotatable bonds is 7. The molecule has 1 heterocycles. The zero-order valence-electron chi connectivity index (χ0n) is 10.5. The van der Waals surface area contributed by atoms with E-state index >= 15 is 0 Å². The molecule has 1 aromatic carbocycles. The largest absolute Gasteiger partial charge is 0.497 e. The molecule has 0 spiro atoms. The first kappa shape index (κ1) is 12.6. The maximum absolute atomic E-state index is 5.12. The second-order valence-electron chi connectivity index (χ2n) is 4.04. The molecule has 1 N–H and O–H groups in total. The van der Waals surface area contributed by atoms with Gasteiger partial charge >= 0.3 is 0 Å². The number of aromatic nitrogens is 3. The summed E-state index contributed by atoms with van der Waals surface area (Å²) < 4.78 is 6.96. The first-order valence-electron chi connectivity index (χ1n) is 6.06. The lowest BCUT2D eigenvalue weighted by atomic mass is 10.2. The Morgan fingerprint density at radius 1 is 1.28 bits per heavy atom. The van der Waals surface area contributed by atoms with Gasteiger partial charge in [-0.2, -0.15) is 0 Å². The Morgan fingerprint density at radius 3 is 2.78 bits per heavy atom. The fourth-order valence-corrected chi connectivity index (χ4v) is 1.69. The number of benzene rings is 1. The van der Waals surface area contributed by atoms with Gasteiger partial charge in [0.15, 0.2) is 0 Å². The van der Waals surface area contributed by atoms with Crippen LogP contribution in [0.2, 0.25) is 0 Å². The normalized spacial score (nSPS) is 10.5. The number of nitrogens with one attached hydrogen (secondary N) is 1. The van der Waals surface area contributed by atoms with Crippen LogP contribution in [0.25, 0.3) is 0 Å². The Balaban J connectivity index is 1.62. The standard InChI is InChI=1S/C13H18N4O/c1-18-13-5-3-12(4-6-13)11-14-7-2-9-17-10-8-15-16-17/h3-6,8,10,14H,2,7,9,11H2,1H3. The summed E-state index contributed by atoms with van der Waals surface area (Å²) in [5, 5.41) is 11.1. The predicted molar refractivity (Wildman–Crippen MR) is 69.3 cm³/mol. The Bertz CT molecular complexity index is 439. The van der Waals surface area contributed by atoms with E-state index in [1.165, 1.54) is 5.56 Å². The van der Waals surface area contributed by atoms with Crippen LogP contribution in [0.3, 0.4) is 0 Å². The van der Waals surface area contributed by atoms with Crippen molar-refractivity contribution in [2.24, 2.45) is 0 Å². The second kappa shape index (κ2) is 6.76. The zero-order chi connectivity index (χ0) is 12.6. The quantitative estimate of drug-likeness (QED) is 0.752. The SMILES string of the molecule is COc1ccc(CNCCCn2ccnn2)cc1. The molecular weight excluding hydrogens is 228 g/mol. The lowest BCUT2D eigenvalue weighted by Crippen LogP contribution is -2.16. The molecule has 5 heteroatoms. The average molecular weight is 246 g/mol. The van der Waals surface area contributed by atoms with Gasteiger partial charge in [0.05, 0.1) is 13.3 Å². The van der Waals surface area contributed by atoms with Gasteiger partial charge in [-0.25, -0.2) is 0 Å². The molecule has 0 amide bonds. The van der Waals surface area contributed by atoms with Crippen molar-refractivity contribution >= 4 is 0 Å². The van der Waals surface area contributed by atoms with E-state index in [0.29, 0.717) is 0 Å². The Kier molecular flexibility index (Phi) is 4.72. The van der Waals surface area contributed by atoms with Gasteiger partial charge in [0, 0.05) is 19.3 Å². The van der Waals surface area contributed by atoms with Crippen LogP contribution in [-0.4, -0.2) is 28.6 Å². The minimum atomic E-state index is 0.876. The third kappa shape index (κ3) is 3.85. The zero-order valence-corrected chi connectivity index (χ0v) is 10.5. The molecule has 0 atom stereocenters. The van der Waals surface area contributed by atoms with Crippen LogP contribution in [-0.2, 0) is 13.1 Å². The summed E-state index contributed by atoms with van der Waals surface area (Å²) in [6.07, 6.45) is 4.62. The number of aryl methyl sites for hydroxylation is 1. The van der Waals surface area contributed by atoms with Crippen molar-refractivity contribution < 1.29 is 4.74 Å². The second-order valence-corrected chi connectivity index (χ2v) is 4.04. The van der Waals surface area contributed by atoms with Gasteiger partial charge in [0.1, 0.15) is 5.75 Å². The number of nitrogens with zero attached hydrogens (tertiary/aromatic N) is 3. The Labute approximate surface area is 107 Å². The van der Waals surface area contributed by atoms with Gasteiger partial charge in [0.2, 0.25) is 0 Å². The maximum Gasteiger partial charge on any atom is 0.118 e. The lowest BCUT2D eigenvalue weighted by Gasteiger charge is -2.06. The Hall–Kier alpha value is -1.88. The van der Waals surface area contributed by atoms with Crippen LogP contribution in [0.1, 0.15) is 12.0 Å². The molecule has 96 valence electrons. The molecule has 0 aliphatic heterocycles. The lowest BCUT2D eigenvalue weighted by molar-refractivity contribution is 0.414. The maximum atomic E-state index is 5.12. The molecule has 18 heavy (non-hydrogen) atoms. The van der Waals surface area contributed by atoms with Crippen LogP contribution in [0.15, 0.2) is 36.7 Å².